The Balaban J connectivity index is 2.02. The molecule has 0 bridgehead atoms. The van der Waals surface area contributed by atoms with Crippen LogP contribution in [0.2, 0.25) is 0 Å². The average molecular weight is 267 g/mol. The van der Waals surface area contributed by atoms with Crippen LogP contribution in [0.3, 0.4) is 0 Å². The van der Waals surface area contributed by atoms with Crippen molar-refractivity contribution in [3.05, 3.63) is 18.0 Å². The van der Waals surface area contributed by atoms with Gasteiger partial charge in [-0.15, -0.1) is 0 Å². The molecule has 1 saturated heterocycles. The number of hydrogen-bond donors (Lipinski definition) is 2. The van der Waals surface area contributed by atoms with E-state index in [1.54, 1.807) is 7.05 Å². The number of amidine groups is 1. The van der Waals surface area contributed by atoms with Crippen molar-refractivity contribution in [1.82, 2.24) is 15.6 Å². The van der Waals surface area contributed by atoms with E-state index < -0.39 is 0 Å². The molecule has 18 heavy (non-hydrogen) atoms. The van der Waals surface area contributed by atoms with Crippen molar-refractivity contribution in [1.29, 1.82) is 0 Å². The third-order valence-corrected chi connectivity index (χ3v) is 3.95. The second kappa shape index (κ2) is 5.90. The maximum Gasteiger partial charge on any atom is 0.202 e. The standard InChI is InChI=1S/C11H17N5OS/c1-7(2)14-10(12-3)9-11(16-17-15-9)13-4-8-5-18-6-8/h8H,1,4-6H2,2-3H3,(H,12,14)(H,13,16). The lowest BCUT2D eigenvalue weighted by Gasteiger charge is -2.24. The molecule has 0 saturated carbocycles. The first kappa shape index (κ1) is 12.9. The van der Waals surface area contributed by atoms with E-state index in [1.165, 1.54) is 11.5 Å². The van der Waals surface area contributed by atoms with Gasteiger partial charge < -0.3 is 10.6 Å². The Bertz CT molecular complexity index is 452. The number of aromatic nitrogens is 2. The molecule has 2 N–H and O–H groups in total. The molecule has 2 rings (SSSR count). The van der Waals surface area contributed by atoms with E-state index in [4.69, 9.17) is 4.63 Å². The molecule has 0 atom stereocenters. The van der Waals surface area contributed by atoms with Crippen LogP contribution in [0, 0.1) is 5.92 Å². The molecule has 0 spiro atoms. The molecule has 1 aromatic heterocycles. The van der Waals surface area contributed by atoms with E-state index in [1.807, 2.05) is 18.7 Å². The zero-order valence-electron chi connectivity index (χ0n) is 10.6. The lowest BCUT2D eigenvalue weighted by molar-refractivity contribution is 0.307. The van der Waals surface area contributed by atoms with Gasteiger partial charge in [-0.1, -0.05) is 6.58 Å². The molecule has 6 nitrogen and oxygen atoms in total. The normalized spacial score (nSPS) is 16.2. The maximum absolute atomic E-state index is 4.78. The fourth-order valence-electron chi connectivity index (χ4n) is 1.53. The van der Waals surface area contributed by atoms with Gasteiger partial charge in [0.25, 0.3) is 0 Å². The number of thioether (sulfide) groups is 1. The van der Waals surface area contributed by atoms with Crippen LogP contribution >= 0.6 is 11.8 Å². The number of hydrogen-bond acceptors (Lipinski definition) is 6. The Morgan fingerprint density at radius 3 is 2.89 bits per heavy atom. The summed E-state index contributed by atoms with van der Waals surface area (Å²) in [7, 11) is 1.69. The molecule has 0 radical (unpaired) electrons. The highest BCUT2D eigenvalue weighted by molar-refractivity contribution is 8.00. The van der Waals surface area contributed by atoms with Crippen molar-refractivity contribution in [3.63, 3.8) is 0 Å². The molecule has 1 fully saturated rings. The van der Waals surface area contributed by atoms with Crippen LogP contribution < -0.4 is 10.6 Å². The summed E-state index contributed by atoms with van der Waals surface area (Å²) in [5.41, 5.74) is 1.38. The van der Waals surface area contributed by atoms with E-state index in [9.17, 15) is 0 Å². The molecule has 7 heteroatoms. The van der Waals surface area contributed by atoms with Crippen molar-refractivity contribution in [3.8, 4) is 0 Å². The fraction of sp³-hybridized carbons (Fsp3) is 0.545. The van der Waals surface area contributed by atoms with E-state index >= 15 is 0 Å². The molecule has 0 unspecified atom stereocenters. The molecule has 0 amide bonds. The summed E-state index contributed by atoms with van der Waals surface area (Å²) < 4.78 is 4.78. The molecule has 1 aromatic rings. The Morgan fingerprint density at radius 1 is 1.56 bits per heavy atom. The molecular formula is C11H17N5OS. The zero-order chi connectivity index (χ0) is 13.0. The molecule has 98 valence electrons. The molecular weight excluding hydrogens is 250 g/mol. The third-order valence-electron chi connectivity index (χ3n) is 2.53. The lowest BCUT2D eigenvalue weighted by Crippen LogP contribution is -2.28. The van der Waals surface area contributed by atoms with Gasteiger partial charge in [0.1, 0.15) is 0 Å². The quantitative estimate of drug-likeness (QED) is 0.619. The fourth-order valence-corrected chi connectivity index (χ4v) is 2.33. The van der Waals surface area contributed by atoms with Crippen molar-refractivity contribution in [2.75, 3.05) is 30.4 Å². The Kier molecular flexibility index (Phi) is 4.24. The molecule has 0 aliphatic carbocycles. The summed E-state index contributed by atoms with van der Waals surface area (Å²) >= 11 is 1.96. The predicted molar refractivity (Wildman–Crippen MR) is 74.0 cm³/mol. The Hall–Kier alpha value is -1.50. The lowest BCUT2D eigenvalue weighted by atomic mass is 10.2. The maximum atomic E-state index is 4.78. The van der Waals surface area contributed by atoms with E-state index in [0.29, 0.717) is 23.3 Å². The van der Waals surface area contributed by atoms with Gasteiger partial charge in [0.2, 0.25) is 5.82 Å². The van der Waals surface area contributed by atoms with Crippen molar-refractivity contribution < 1.29 is 4.63 Å². The van der Waals surface area contributed by atoms with Gasteiger partial charge in [-0.3, -0.25) is 4.99 Å². The summed E-state index contributed by atoms with van der Waals surface area (Å²) in [6.45, 7) is 6.53. The second-order valence-electron chi connectivity index (χ2n) is 4.22. The predicted octanol–water partition coefficient (Wildman–Crippen LogP) is 1.34. The van der Waals surface area contributed by atoms with Crippen LogP contribution in [0.4, 0.5) is 5.82 Å². The minimum atomic E-state index is 0.590. The van der Waals surface area contributed by atoms with Crippen LogP contribution in [0.15, 0.2) is 21.9 Å². The average Bonchev–Trinajstić information content (AvgIpc) is 2.72. The van der Waals surface area contributed by atoms with Gasteiger partial charge in [0.15, 0.2) is 11.5 Å². The number of nitrogens with one attached hydrogen (secondary N) is 2. The van der Waals surface area contributed by atoms with E-state index in [-0.39, 0.29) is 0 Å². The minimum absolute atomic E-state index is 0.590. The first-order valence-electron chi connectivity index (χ1n) is 5.74. The largest absolute Gasteiger partial charge is 0.365 e. The number of nitrogens with zero attached hydrogens (tertiary/aromatic N) is 3. The van der Waals surface area contributed by atoms with Crippen LogP contribution in [0.25, 0.3) is 0 Å². The number of rotatable bonds is 5. The highest BCUT2D eigenvalue weighted by Gasteiger charge is 2.21. The summed E-state index contributed by atoms with van der Waals surface area (Å²) in [4.78, 5) is 4.13. The topological polar surface area (TPSA) is 75.3 Å². The molecule has 2 heterocycles. The van der Waals surface area contributed by atoms with Gasteiger partial charge in [-0.25, -0.2) is 4.63 Å². The van der Waals surface area contributed by atoms with Crippen LogP contribution in [0.1, 0.15) is 12.6 Å². The van der Waals surface area contributed by atoms with Crippen LogP contribution in [-0.4, -0.2) is 41.2 Å². The van der Waals surface area contributed by atoms with Gasteiger partial charge in [-0.2, -0.15) is 11.8 Å². The number of aliphatic imine (C=N–C) groups is 1. The Labute approximate surface area is 110 Å². The SMILES string of the molecule is C=C(C)NC(=NC)c1nonc1NCC1CSC1. The molecule has 1 aliphatic heterocycles. The van der Waals surface area contributed by atoms with Gasteiger partial charge in [-0.05, 0) is 34.7 Å². The van der Waals surface area contributed by atoms with Crippen LogP contribution in [-0.2, 0) is 0 Å². The van der Waals surface area contributed by atoms with Gasteiger partial charge >= 0.3 is 0 Å². The first-order chi connectivity index (χ1) is 8.70. The third kappa shape index (κ3) is 3.04. The van der Waals surface area contributed by atoms with E-state index in [0.717, 1.165) is 12.2 Å². The first-order valence-corrected chi connectivity index (χ1v) is 6.90. The van der Waals surface area contributed by atoms with Gasteiger partial charge in [0, 0.05) is 19.3 Å². The Morgan fingerprint density at radius 2 is 2.33 bits per heavy atom. The zero-order valence-corrected chi connectivity index (χ0v) is 11.4. The monoisotopic (exact) mass is 267 g/mol. The highest BCUT2D eigenvalue weighted by atomic mass is 32.2. The smallest absolute Gasteiger partial charge is 0.202 e. The summed E-state index contributed by atoms with van der Waals surface area (Å²) in [6, 6.07) is 0. The second-order valence-corrected chi connectivity index (χ2v) is 5.30. The summed E-state index contributed by atoms with van der Waals surface area (Å²) in [5, 5.41) is 14.0. The molecule has 1 aliphatic rings. The van der Waals surface area contributed by atoms with E-state index in [2.05, 4.69) is 32.5 Å². The number of anilines is 1. The van der Waals surface area contributed by atoms with Crippen molar-refractivity contribution in [2.45, 2.75) is 6.92 Å². The highest BCUT2D eigenvalue weighted by Crippen LogP contribution is 2.24. The minimum Gasteiger partial charge on any atom is -0.365 e. The number of allylic oxidation sites excluding steroid dienone is 1. The summed E-state index contributed by atoms with van der Waals surface area (Å²) in [6.07, 6.45) is 0. The van der Waals surface area contributed by atoms with Crippen molar-refractivity contribution in [2.24, 2.45) is 10.9 Å². The summed E-state index contributed by atoms with van der Waals surface area (Å²) in [5.74, 6) is 4.34. The van der Waals surface area contributed by atoms with Gasteiger partial charge in [0.05, 0.1) is 0 Å². The molecule has 0 aromatic carbocycles. The van der Waals surface area contributed by atoms with Crippen molar-refractivity contribution >= 4 is 23.4 Å². The van der Waals surface area contributed by atoms with Crippen LogP contribution in [0.5, 0.6) is 0 Å².